The number of hydrogen-bond donors (Lipinski definition) is 0. The molecular formula is C17H15N5OS2. The molecule has 0 amide bonds. The maximum atomic E-state index is 4.71. The van der Waals surface area contributed by atoms with Crippen LogP contribution in [0.25, 0.3) is 22.6 Å². The van der Waals surface area contributed by atoms with Crippen molar-refractivity contribution in [3.8, 4) is 11.5 Å². The zero-order chi connectivity index (χ0) is 17.2. The smallest absolute Gasteiger partial charge is 0.170 e. The van der Waals surface area contributed by atoms with E-state index in [0.29, 0.717) is 5.69 Å². The predicted octanol–water partition coefficient (Wildman–Crippen LogP) is 4.37. The van der Waals surface area contributed by atoms with Crippen LogP contribution in [0.15, 0.2) is 62.2 Å². The Morgan fingerprint density at radius 3 is 2.60 bits per heavy atom. The van der Waals surface area contributed by atoms with Crippen LogP contribution in [0, 0.1) is 0 Å². The van der Waals surface area contributed by atoms with Crippen molar-refractivity contribution in [3.05, 3.63) is 42.7 Å². The van der Waals surface area contributed by atoms with Crippen molar-refractivity contribution in [2.45, 2.75) is 28.3 Å². The molecule has 0 unspecified atom stereocenters. The molecule has 0 bridgehead atoms. The molecule has 126 valence electrons. The lowest BCUT2D eigenvalue weighted by molar-refractivity contribution is 0.308. The molecule has 1 aromatic carbocycles. The molecule has 8 heteroatoms. The van der Waals surface area contributed by atoms with Gasteiger partial charge in [-0.1, -0.05) is 16.9 Å². The van der Waals surface area contributed by atoms with E-state index in [1.807, 2.05) is 0 Å². The molecule has 0 spiro atoms. The number of thioether (sulfide) groups is 1. The fraction of sp³-hybridized carbons (Fsp3) is 0.176. The molecule has 6 nitrogen and oxygen atoms in total. The highest BCUT2D eigenvalue weighted by molar-refractivity contribution is 7.99. The van der Waals surface area contributed by atoms with Crippen LogP contribution in [-0.4, -0.2) is 31.1 Å². The summed E-state index contributed by atoms with van der Waals surface area (Å²) < 4.78 is 6.81. The number of aromatic nitrogens is 5. The Hall–Kier alpha value is -2.32. The molecule has 0 saturated carbocycles. The standard InChI is InChI=1S/C17H15N5OS2/c1-3-22-15-8-16(25-12-6-4-11(24-2)5-7-12)18-9-13(15)20-17(22)14-10-19-23-21-14/h4-10H,3H2,1-2H3. The van der Waals surface area contributed by atoms with Crippen LogP contribution < -0.4 is 0 Å². The van der Waals surface area contributed by atoms with Gasteiger partial charge >= 0.3 is 0 Å². The second-order valence-electron chi connectivity index (χ2n) is 5.26. The van der Waals surface area contributed by atoms with Crippen LogP contribution >= 0.6 is 23.5 Å². The third kappa shape index (κ3) is 3.14. The van der Waals surface area contributed by atoms with Gasteiger partial charge in [-0.2, -0.15) is 0 Å². The minimum Gasteiger partial charge on any atom is -0.323 e. The Bertz CT molecular complexity index is 996. The number of pyridine rings is 1. The SMILES string of the molecule is CCn1c(-c2cnon2)nc2cnc(Sc3ccc(SC)cc3)cc21. The van der Waals surface area contributed by atoms with Gasteiger partial charge in [-0.25, -0.2) is 14.6 Å². The highest BCUT2D eigenvalue weighted by Crippen LogP contribution is 2.31. The first-order valence-electron chi connectivity index (χ1n) is 7.74. The van der Waals surface area contributed by atoms with Gasteiger partial charge < -0.3 is 4.57 Å². The van der Waals surface area contributed by atoms with E-state index in [0.717, 1.165) is 33.3 Å². The second-order valence-corrected chi connectivity index (χ2v) is 7.23. The van der Waals surface area contributed by atoms with Gasteiger partial charge in [-0.05, 0) is 48.7 Å². The molecule has 25 heavy (non-hydrogen) atoms. The lowest BCUT2D eigenvalue weighted by Gasteiger charge is -2.05. The number of benzene rings is 1. The maximum absolute atomic E-state index is 4.71. The van der Waals surface area contributed by atoms with Crippen LogP contribution in [-0.2, 0) is 6.54 Å². The maximum Gasteiger partial charge on any atom is 0.170 e. The van der Waals surface area contributed by atoms with Crippen molar-refractivity contribution >= 4 is 34.6 Å². The fourth-order valence-electron chi connectivity index (χ4n) is 2.61. The van der Waals surface area contributed by atoms with Gasteiger partial charge in [0.15, 0.2) is 11.5 Å². The van der Waals surface area contributed by atoms with Crippen molar-refractivity contribution in [2.24, 2.45) is 0 Å². The zero-order valence-corrected chi connectivity index (χ0v) is 15.3. The van der Waals surface area contributed by atoms with Crippen LogP contribution in [0.1, 0.15) is 6.92 Å². The molecule has 0 saturated heterocycles. The highest BCUT2D eigenvalue weighted by Gasteiger charge is 2.15. The van der Waals surface area contributed by atoms with Gasteiger partial charge in [-0.15, -0.1) is 11.8 Å². The monoisotopic (exact) mass is 369 g/mol. The van der Waals surface area contributed by atoms with Gasteiger partial charge in [-0.3, -0.25) is 0 Å². The van der Waals surface area contributed by atoms with E-state index >= 15 is 0 Å². The molecule has 0 aliphatic heterocycles. The first kappa shape index (κ1) is 16.2. The molecule has 4 rings (SSSR count). The molecule has 0 fully saturated rings. The number of rotatable bonds is 5. The van der Waals surface area contributed by atoms with Crippen molar-refractivity contribution in [1.82, 2.24) is 24.8 Å². The minimum absolute atomic E-state index is 0.625. The Morgan fingerprint density at radius 2 is 1.92 bits per heavy atom. The molecule has 0 aliphatic carbocycles. The van der Waals surface area contributed by atoms with Gasteiger partial charge in [0.2, 0.25) is 0 Å². The number of aryl methyl sites for hydroxylation is 1. The molecule has 0 radical (unpaired) electrons. The van der Waals surface area contributed by atoms with Crippen LogP contribution in [0.2, 0.25) is 0 Å². The van der Waals surface area contributed by atoms with Gasteiger partial charge in [0.05, 0.1) is 11.7 Å². The summed E-state index contributed by atoms with van der Waals surface area (Å²) in [6.45, 7) is 2.85. The Balaban J connectivity index is 1.71. The average Bonchev–Trinajstić information content (AvgIpc) is 3.29. The topological polar surface area (TPSA) is 69.6 Å². The number of imidazole rings is 1. The molecule has 0 N–H and O–H groups in total. The highest BCUT2D eigenvalue weighted by atomic mass is 32.2. The van der Waals surface area contributed by atoms with E-state index < -0.39 is 0 Å². The molecule has 3 heterocycles. The van der Waals surface area contributed by atoms with Crippen molar-refractivity contribution in [2.75, 3.05) is 6.26 Å². The first-order valence-corrected chi connectivity index (χ1v) is 9.78. The largest absolute Gasteiger partial charge is 0.323 e. The van der Waals surface area contributed by atoms with Crippen LogP contribution in [0.5, 0.6) is 0 Å². The fourth-order valence-corrected chi connectivity index (χ4v) is 3.81. The van der Waals surface area contributed by atoms with E-state index in [2.05, 4.69) is 68.4 Å². The summed E-state index contributed by atoms with van der Waals surface area (Å²) in [5, 5.41) is 8.50. The van der Waals surface area contributed by atoms with Crippen molar-refractivity contribution in [1.29, 1.82) is 0 Å². The van der Waals surface area contributed by atoms with E-state index in [-0.39, 0.29) is 0 Å². The van der Waals surface area contributed by atoms with E-state index in [1.165, 1.54) is 4.90 Å². The number of fused-ring (bicyclic) bond motifs is 1. The lowest BCUT2D eigenvalue weighted by Crippen LogP contribution is -1.97. The molecule has 3 aromatic heterocycles. The lowest BCUT2D eigenvalue weighted by atomic mass is 10.4. The summed E-state index contributed by atoms with van der Waals surface area (Å²) in [5.74, 6) is 0.743. The minimum atomic E-state index is 0.625. The summed E-state index contributed by atoms with van der Waals surface area (Å²) in [7, 11) is 0. The van der Waals surface area contributed by atoms with Gasteiger partial charge in [0.25, 0.3) is 0 Å². The van der Waals surface area contributed by atoms with E-state index in [9.17, 15) is 0 Å². The number of hydrogen-bond acceptors (Lipinski definition) is 7. The third-order valence-corrected chi connectivity index (χ3v) is 5.48. The number of nitrogens with zero attached hydrogens (tertiary/aromatic N) is 5. The molecular weight excluding hydrogens is 354 g/mol. The third-order valence-electron chi connectivity index (χ3n) is 3.80. The Labute approximate surface area is 153 Å². The van der Waals surface area contributed by atoms with Gasteiger partial charge in [0.1, 0.15) is 16.7 Å². The Kier molecular flexibility index (Phi) is 4.46. The summed E-state index contributed by atoms with van der Waals surface area (Å²) in [5.41, 5.74) is 2.49. The van der Waals surface area contributed by atoms with E-state index in [1.54, 1.807) is 35.9 Å². The van der Waals surface area contributed by atoms with E-state index in [4.69, 9.17) is 4.63 Å². The normalized spacial score (nSPS) is 11.3. The molecule has 4 aromatic rings. The Morgan fingerprint density at radius 1 is 1.12 bits per heavy atom. The first-order chi connectivity index (χ1) is 12.3. The van der Waals surface area contributed by atoms with Crippen LogP contribution in [0.3, 0.4) is 0 Å². The van der Waals surface area contributed by atoms with Crippen LogP contribution in [0.4, 0.5) is 0 Å². The summed E-state index contributed by atoms with van der Waals surface area (Å²) >= 11 is 3.38. The van der Waals surface area contributed by atoms with Crippen molar-refractivity contribution in [3.63, 3.8) is 0 Å². The predicted molar refractivity (Wildman–Crippen MR) is 98.8 cm³/mol. The zero-order valence-electron chi connectivity index (χ0n) is 13.7. The quantitative estimate of drug-likeness (QED) is 0.484. The summed E-state index contributed by atoms with van der Waals surface area (Å²) in [6.07, 6.45) is 5.45. The summed E-state index contributed by atoms with van der Waals surface area (Å²) in [6, 6.07) is 10.5. The molecule has 0 aliphatic rings. The van der Waals surface area contributed by atoms with Gasteiger partial charge in [0, 0.05) is 16.3 Å². The average molecular weight is 369 g/mol. The summed E-state index contributed by atoms with van der Waals surface area (Å²) in [4.78, 5) is 11.6. The molecule has 0 atom stereocenters. The second kappa shape index (κ2) is 6.89. The van der Waals surface area contributed by atoms with Crippen molar-refractivity contribution < 1.29 is 4.63 Å².